The Hall–Kier alpha value is -1.42. The van der Waals surface area contributed by atoms with Gasteiger partial charge in [-0.3, -0.25) is 9.59 Å². The molecule has 3 fully saturated rings. The molecule has 0 aromatic carbocycles. The number of hydroxylamine groups is 2. The van der Waals surface area contributed by atoms with E-state index < -0.39 is 23.0 Å². The van der Waals surface area contributed by atoms with E-state index in [-0.39, 0.29) is 31.0 Å². The molecule has 132 valence electrons. The standard InChI is InChI=1S/C14H19N3O5S2/c18-10-5-8(23)13(20)17(10)22-11(19)4-2-1-3-9-12-7(6-24-9)15-14(21)16-12/h7-9,12,23H,1-6H2,(H2,15,16,21)/t7-,8?,9-,12-/m0/s1. The molecule has 24 heavy (non-hydrogen) atoms. The third kappa shape index (κ3) is 3.64. The van der Waals surface area contributed by atoms with Gasteiger partial charge in [0, 0.05) is 17.4 Å². The summed E-state index contributed by atoms with van der Waals surface area (Å²) < 4.78 is 0. The van der Waals surface area contributed by atoms with E-state index >= 15 is 0 Å². The summed E-state index contributed by atoms with van der Waals surface area (Å²) in [6.07, 6.45) is 2.40. The molecule has 3 saturated heterocycles. The third-order valence-corrected chi connectivity index (χ3v) is 6.24. The fourth-order valence-corrected chi connectivity index (χ4v) is 4.90. The van der Waals surface area contributed by atoms with Gasteiger partial charge >= 0.3 is 12.0 Å². The van der Waals surface area contributed by atoms with Crippen LogP contribution in [0.2, 0.25) is 0 Å². The molecular weight excluding hydrogens is 354 g/mol. The van der Waals surface area contributed by atoms with Gasteiger partial charge in [0.1, 0.15) is 0 Å². The number of imide groups is 1. The molecule has 0 saturated carbocycles. The van der Waals surface area contributed by atoms with Gasteiger partial charge in [-0.05, 0) is 12.8 Å². The first kappa shape index (κ1) is 17.4. The van der Waals surface area contributed by atoms with Crippen LogP contribution < -0.4 is 10.6 Å². The van der Waals surface area contributed by atoms with E-state index in [9.17, 15) is 19.2 Å². The predicted octanol–water partition coefficient (Wildman–Crippen LogP) is 0.228. The maximum Gasteiger partial charge on any atom is 0.333 e. The van der Waals surface area contributed by atoms with Gasteiger partial charge in [-0.1, -0.05) is 6.42 Å². The van der Waals surface area contributed by atoms with Crippen LogP contribution in [0, 0.1) is 0 Å². The van der Waals surface area contributed by atoms with E-state index in [0.29, 0.717) is 16.7 Å². The van der Waals surface area contributed by atoms with Gasteiger partial charge in [0.25, 0.3) is 11.8 Å². The Labute approximate surface area is 148 Å². The maximum atomic E-state index is 11.8. The average Bonchev–Trinajstić information content (AvgIpc) is 3.14. The number of unbranched alkanes of at least 4 members (excludes halogenated alkanes) is 1. The van der Waals surface area contributed by atoms with E-state index in [0.717, 1.165) is 18.6 Å². The first-order valence-corrected chi connectivity index (χ1v) is 9.46. The van der Waals surface area contributed by atoms with E-state index in [1.54, 1.807) is 0 Å². The van der Waals surface area contributed by atoms with Crippen molar-refractivity contribution in [2.24, 2.45) is 0 Å². The molecule has 0 aromatic heterocycles. The number of nitrogens with zero attached hydrogens (tertiary/aromatic N) is 1. The van der Waals surface area contributed by atoms with Crippen molar-refractivity contribution in [3.8, 4) is 0 Å². The predicted molar refractivity (Wildman–Crippen MR) is 89.3 cm³/mol. The van der Waals surface area contributed by atoms with Crippen molar-refractivity contribution in [3.63, 3.8) is 0 Å². The number of amides is 4. The summed E-state index contributed by atoms with van der Waals surface area (Å²) in [7, 11) is 0. The lowest BCUT2D eigenvalue weighted by Crippen LogP contribution is -2.36. The van der Waals surface area contributed by atoms with Crippen LogP contribution >= 0.6 is 24.4 Å². The monoisotopic (exact) mass is 373 g/mol. The number of fused-ring (bicyclic) bond motifs is 1. The van der Waals surface area contributed by atoms with Gasteiger partial charge in [0.05, 0.1) is 23.8 Å². The molecule has 0 aliphatic carbocycles. The second kappa shape index (κ2) is 7.22. The van der Waals surface area contributed by atoms with Crippen molar-refractivity contribution in [3.05, 3.63) is 0 Å². The Balaban J connectivity index is 1.35. The lowest BCUT2D eigenvalue weighted by molar-refractivity contribution is -0.197. The van der Waals surface area contributed by atoms with Crippen molar-refractivity contribution in [2.45, 2.75) is 54.7 Å². The SMILES string of the molecule is O=C1N[C@H]2[C@H](CS[C@H]2CCCCC(=O)ON2C(=O)CC(S)C2=O)N1. The molecule has 4 amide bonds. The fraction of sp³-hybridized carbons (Fsp3) is 0.714. The minimum atomic E-state index is -0.729. The van der Waals surface area contributed by atoms with Crippen molar-refractivity contribution >= 4 is 48.2 Å². The Morgan fingerprint density at radius 2 is 2.08 bits per heavy atom. The highest BCUT2D eigenvalue weighted by molar-refractivity contribution is 8.00. The molecule has 0 aromatic rings. The van der Waals surface area contributed by atoms with Crippen LogP contribution in [0.25, 0.3) is 0 Å². The summed E-state index contributed by atoms with van der Waals surface area (Å²) in [6, 6.07) is 0.238. The largest absolute Gasteiger partial charge is 0.333 e. The summed E-state index contributed by atoms with van der Waals surface area (Å²) in [6.45, 7) is 0. The molecule has 0 bridgehead atoms. The quantitative estimate of drug-likeness (QED) is 0.266. The smallest absolute Gasteiger partial charge is 0.332 e. The first-order valence-electron chi connectivity index (χ1n) is 7.90. The summed E-state index contributed by atoms with van der Waals surface area (Å²) in [4.78, 5) is 51.0. The number of carbonyl (C=O) groups is 4. The molecule has 0 radical (unpaired) electrons. The number of rotatable bonds is 6. The second-order valence-corrected chi connectivity index (χ2v) is 7.97. The highest BCUT2D eigenvalue weighted by Gasteiger charge is 2.42. The zero-order chi connectivity index (χ0) is 17.3. The van der Waals surface area contributed by atoms with Crippen LogP contribution in [-0.2, 0) is 19.2 Å². The van der Waals surface area contributed by atoms with E-state index in [1.807, 2.05) is 11.8 Å². The van der Waals surface area contributed by atoms with Crippen LogP contribution in [-0.4, -0.2) is 57.2 Å². The number of nitrogens with one attached hydrogen (secondary N) is 2. The molecule has 4 atom stereocenters. The highest BCUT2D eigenvalue weighted by atomic mass is 32.2. The highest BCUT2D eigenvalue weighted by Crippen LogP contribution is 2.33. The van der Waals surface area contributed by atoms with Gasteiger partial charge in [-0.2, -0.15) is 24.4 Å². The average molecular weight is 373 g/mol. The van der Waals surface area contributed by atoms with Crippen LogP contribution in [0.4, 0.5) is 4.79 Å². The summed E-state index contributed by atoms with van der Waals surface area (Å²) >= 11 is 5.78. The van der Waals surface area contributed by atoms with Gasteiger partial charge in [0.2, 0.25) is 0 Å². The molecule has 8 nitrogen and oxygen atoms in total. The van der Waals surface area contributed by atoms with Crippen LogP contribution in [0.1, 0.15) is 32.1 Å². The molecule has 3 aliphatic heterocycles. The van der Waals surface area contributed by atoms with E-state index in [1.165, 1.54) is 0 Å². The minimum Gasteiger partial charge on any atom is -0.332 e. The van der Waals surface area contributed by atoms with Crippen molar-refractivity contribution in [2.75, 3.05) is 5.75 Å². The number of thiol groups is 1. The summed E-state index contributed by atoms with van der Waals surface area (Å²) in [5, 5.41) is 5.95. The van der Waals surface area contributed by atoms with Crippen molar-refractivity contribution in [1.82, 2.24) is 15.7 Å². The maximum absolute atomic E-state index is 11.8. The molecule has 3 heterocycles. The number of urea groups is 1. The molecule has 0 spiro atoms. The summed E-state index contributed by atoms with van der Waals surface area (Å²) in [5.41, 5.74) is 0. The van der Waals surface area contributed by atoms with Gasteiger partial charge in [-0.15, -0.1) is 5.06 Å². The van der Waals surface area contributed by atoms with Crippen LogP contribution in [0.5, 0.6) is 0 Å². The number of hydrogen-bond acceptors (Lipinski definition) is 7. The Bertz CT molecular complexity index is 573. The van der Waals surface area contributed by atoms with Crippen molar-refractivity contribution < 1.29 is 24.0 Å². The van der Waals surface area contributed by atoms with E-state index in [2.05, 4.69) is 23.3 Å². The van der Waals surface area contributed by atoms with Crippen LogP contribution in [0.15, 0.2) is 0 Å². The van der Waals surface area contributed by atoms with Gasteiger partial charge in [0.15, 0.2) is 0 Å². The topological polar surface area (TPSA) is 105 Å². The molecule has 10 heteroatoms. The fourth-order valence-electron chi connectivity index (χ4n) is 3.10. The Kier molecular flexibility index (Phi) is 5.24. The normalized spacial score (nSPS) is 31.9. The zero-order valence-corrected chi connectivity index (χ0v) is 14.6. The number of thioether (sulfide) groups is 1. The van der Waals surface area contributed by atoms with E-state index in [4.69, 9.17) is 4.84 Å². The lowest BCUT2D eigenvalue weighted by atomic mass is 10.0. The number of hydrogen-bond donors (Lipinski definition) is 3. The third-order valence-electron chi connectivity index (χ3n) is 4.33. The first-order chi connectivity index (χ1) is 11.5. The molecule has 3 rings (SSSR count). The van der Waals surface area contributed by atoms with Gasteiger partial charge in [-0.25, -0.2) is 9.59 Å². The Morgan fingerprint density at radius 3 is 2.79 bits per heavy atom. The van der Waals surface area contributed by atoms with Crippen molar-refractivity contribution in [1.29, 1.82) is 0 Å². The zero-order valence-electron chi connectivity index (χ0n) is 12.9. The molecular formula is C14H19N3O5S2. The van der Waals surface area contributed by atoms with Gasteiger partial charge < -0.3 is 15.5 Å². The summed E-state index contributed by atoms with van der Waals surface area (Å²) in [5.74, 6) is -0.812. The molecule has 1 unspecified atom stereocenters. The minimum absolute atomic E-state index is 0.0452. The van der Waals surface area contributed by atoms with Crippen LogP contribution in [0.3, 0.4) is 0 Å². The number of carbonyl (C=O) groups excluding carboxylic acids is 4. The lowest BCUT2D eigenvalue weighted by Gasteiger charge is -2.16. The molecule has 2 N–H and O–H groups in total. The molecule has 3 aliphatic rings. The second-order valence-electron chi connectivity index (χ2n) is 6.08. The Morgan fingerprint density at radius 1 is 1.29 bits per heavy atom.